The summed E-state index contributed by atoms with van der Waals surface area (Å²) in [5.74, 6) is -2.19. The van der Waals surface area contributed by atoms with Crippen LogP contribution in [0.5, 0.6) is 0 Å². The quantitative estimate of drug-likeness (QED) is 0.362. The highest BCUT2D eigenvalue weighted by atomic mass is 19.4. The highest BCUT2D eigenvalue weighted by Gasteiger charge is 2.48. The highest BCUT2D eigenvalue weighted by Crippen LogP contribution is 2.51. The molecule has 1 unspecified atom stereocenters. The van der Waals surface area contributed by atoms with E-state index in [1.165, 1.54) is 12.3 Å². The largest absolute Gasteiger partial charge is 0.405 e. The van der Waals surface area contributed by atoms with E-state index in [-0.39, 0.29) is 23.2 Å². The van der Waals surface area contributed by atoms with Crippen molar-refractivity contribution in [3.8, 4) is 0 Å². The van der Waals surface area contributed by atoms with E-state index in [0.29, 0.717) is 23.1 Å². The lowest BCUT2D eigenvalue weighted by Crippen LogP contribution is -2.50. The van der Waals surface area contributed by atoms with E-state index >= 15 is 4.39 Å². The van der Waals surface area contributed by atoms with Crippen LogP contribution in [-0.2, 0) is 16.0 Å². The maximum Gasteiger partial charge on any atom is 0.405 e. The lowest BCUT2D eigenvalue weighted by molar-refractivity contribution is -0.138. The summed E-state index contributed by atoms with van der Waals surface area (Å²) in [6.45, 7) is 3.88. The van der Waals surface area contributed by atoms with Crippen LogP contribution in [0.4, 0.5) is 23.2 Å². The van der Waals surface area contributed by atoms with Crippen LogP contribution in [0.2, 0.25) is 0 Å². The molecular formula is C27H33F4N5O3. The Balaban J connectivity index is 1.51. The Morgan fingerprint density at radius 1 is 1.10 bits per heavy atom. The number of aryl methyl sites for hydroxylation is 1. The van der Waals surface area contributed by atoms with Gasteiger partial charge < -0.3 is 16.0 Å². The number of hydrogen-bond donors (Lipinski definition) is 3. The molecule has 1 aromatic carbocycles. The first-order valence-electron chi connectivity index (χ1n) is 13.1. The minimum Gasteiger partial charge on any atom is -0.347 e. The fourth-order valence-electron chi connectivity index (χ4n) is 5.00. The number of benzene rings is 1. The third kappa shape index (κ3) is 7.36. The van der Waals surface area contributed by atoms with Crippen molar-refractivity contribution in [1.82, 2.24) is 20.4 Å². The topological polar surface area (TPSA) is 105 Å². The van der Waals surface area contributed by atoms with Crippen LogP contribution in [0.15, 0.2) is 24.4 Å². The second-order valence-electron chi connectivity index (χ2n) is 10.8. The Morgan fingerprint density at radius 3 is 2.31 bits per heavy atom. The van der Waals surface area contributed by atoms with Gasteiger partial charge in [-0.3, -0.25) is 19.1 Å². The van der Waals surface area contributed by atoms with Gasteiger partial charge >= 0.3 is 6.18 Å². The lowest BCUT2D eigenvalue weighted by Gasteiger charge is -2.28. The van der Waals surface area contributed by atoms with Crippen molar-refractivity contribution in [2.45, 2.75) is 71.1 Å². The van der Waals surface area contributed by atoms with E-state index in [2.05, 4.69) is 15.7 Å². The third-order valence-electron chi connectivity index (χ3n) is 7.20. The summed E-state index contributed by atoms with van der Waals surface area (Å²) in [6, 6.07) is 3.00. The minimum atomic E-state index is -4.55. The molecule has 2 fully saturated rings. The Morgan fingerprint density at radius 2 is 1.74 bits per heavy atom. The van der Waals surface area contributed by atoms with E-state index < -0.39 is 48.7 Å². The van der Waals surface area contributed by atoms with Crippen LogP contribution in [-0.4, -0.2) is 46.3 Å². The third-order valence-corrected chi connectivity index (χ3v) is 7.20. The number of nitrogens with zero attached hydrogens (tertiary/aromatic N) is 2. The number of carbonyl (C=O) groups is 3. The van der Waals surface area contributed by atoms with E-state index in [0.717, 1.165) is 31.7 Å². The van der Waals surface area contributed by atoms with Crippen molar-refractivity contribution in [2.24, 2.45) is 17.8 Å². The molecule has 0 saturated heterocycles. The van der Waals surface area contributed by atoms with Gasteiger partial charge in [0.05, 0.1) is 12.1 Å². The molecule has 3 N–H and O–H groups in total. The van der Waals surface area contributed by atoms with E-state index in [1.807, 2.05) is 13.8 Å². The van der Waals surface area contributed by atoms with Crippen molar-refractivity contribution in [1.29, 1.82) is 0 Å². The van der Waals surface area contributed by atoms with Gasteiger partial charge in [0.15, 0.2) is 0 Å². The zero-order valence-electron chi connectivity index (χ0n) is 22.1. The van der Waals surface area contributed by atoms with Crippen LogP contribution in [0.1, 0.15) is 67.2 Å². The van der Waals surface area contributed by atoms with Gasteiger partial charge in [0.25, 0.3) is 5.91 Å². The molecule has 0 aliphatic heterocycles. The summed E-state index contributed by atoms with van der Waals surface area (Å²) >= 11 is 0. The van der Waals surface area contributed by atoms with E-state index in [9.17, 15) is 27.6 Å². The predicted octanol–water partition coefficient (Wildman–Crippen LogP) is 4.31. The van der Waals surface area contributed by atoms with Gasteiger partial charge in [0.1, 0.15) is 24.1 Å². The standard InChI is InChI=1S/C27H33F4N5O3/c1-14(2)36-21(8-9-33-36)25(38)35-24(23(16-4-5-16)17-6-7-17)26(39)34-20-10-15(3)18(11-19(20)28)12-22(37)32-13-27(29,30)31/h8-11,14,16-17,23-24H,4-7,12-13H2,1-3H3,(H,32,37)(H,34,39)(H,35,38). The minimum absolute atomic E-state index is 0.0678. The fourth-order valence-corrected chi connectivity index (χ4v) is 5.00. The van der Waals surface area contributed by atoms with Crippen LogP contribution < -0.4 is 16.0 Å². The Labute approximate surface area is 223 Å². The number of hydrogen-bond acceptors (Lipinski definition) is 4. The Hall–Kier alpha value is -3.44. The van der Waals surface area contributed by atoms with E-state index in [4.69, 9.17) is 0 Å². The molecule has 3 amide bonds. The summed E-state index contributed by atoms with van der Waals surface area (Å²) < 4.78 is 53.7. The van der Waals surface area contributed by atoms with Crippen LogP contribution >= 0.6 is 0 Å². The normalized spacial score (nSPS) is 16.3. The molecule has 39 heavy (non-hydrogen) atoms. The first-order chi connectivity index (χ1) is 18.3. The SMILES string of the molecule is Cc1cc(NC(=O)C(NC(=O)c2ccnn2C(C)C)C(C2CC2)C2CC2)c(F)cc1CC(=O)NCC(F)(F)F. The second kappa shape index (κ2) is 11.4. The molecule has 0 bridgehead atoms. The molecule has 2 aliphatic carbocycles. The molecule has 0 radical (unpaired) electrons. The Kier molecular flexibility index (Phi) is 8.31. The molecule has 2 aromatic rings. The second-order valence-corrected chi connectivity index (χ2v) is 10.8. The van der Waals surface area contributed by atoms with Crippen molar-refractivity contribution < 1.29 is 31.9 Å². The van der Waals surface area contributed by atoms with Crippen LogP contribution in [0, 0.1) is 30.5 Å². The van der Waals surface area contributed by atoms with E-state index in [1.54, 1.807) is 23.0 Å². The number of amides is 3. The van der Waals surface area contributed by atoms with Gasteiger partial charge in [-0.1, -0.05) is 0 Å². The zero-order chi connectivity index (χ0) is 28.5. The van der Waals surface area contributed by atoms with Gasteiger partial charge in [0, 0.05) is 12.2 Å². The summed E-state index contributed by atoms with van der Waals surface area (Å²) in [6.07, 6.45) is 0.371. The molecule has 1 heterocycles. The summed E-state index contributed by atoms with van der Waals surface area (Å²) in [5.41, 5.74) is 0.819. The van der Waals surface area contributed by atoms with Crippen LogP contribution in [0.3, 0.4) is 0 Å². The predicted molar refractivity (Wildman–Crippen MR) is 135 cm³/mol. The van der Waals surface area contributed by atoms with Gasteiger partial charge in [-0.2, -0.15) is 18.3 Å². The molecule has 212 valence electrons. The van der Waals surface area contributed by atoms with Crippen molar-refractivity contribution in [3.05, 3.63) is 47.0 Å². The fraction of sp³-hybridized carbons (Fsp3) is 0.556. The summed E-state index contributed by atoms with van der Waals surface area (Å²) in [7, 11) is 0. The molecule has 4 rings (SSSR count). The maximum atomic E-state index is 15.0. The van der Waals surface area contributed by atoms with Crippen molar-refractivity contribution >= 4 is 23.4 Å². The zero-order valence-corrected chi connectivity index (χ0v) is 22.1. The Bertz CT molecular complexity index is 1220. The average molecular weight is 552 g/mol. The smallest absolute Gasteiger partial charge is 0.347 e. The monoisotopic (exact) mass is 551 g/mol. The molecule has 8 nitrogen and oxygen atoms in total. The number of halogens is 4. The maximum absolute atomic E-state index is 15.0. The number of nitrogens with one attached hydrogen (secondary N) is 3. The summed E-state index contributed by atoms with van der Waals surface area (Å²) in [5, 5.41) is 11.5. The number of alkyl halides is 3. The highest BCUT2D eigenvalue weighted by molar-refractivity contribution is 6.01. The first kappa shape index (κ1) is 28.6. The van der Waals surface area contributed by atoms with Gasteiger partial charge in [-0.25, -0.2) is 4.39 Å². The molecular weight excluding hydrogens is 518 g/mol. The number of carbonyl (C=O) groups excluding carboxylic acids is 3. The molecule has 12 heteroatoms. The first-order valence-corrected chi connectivity index (χ1v) is 13.1. The molecule has 2 aliphatic rings. The number of aromatic nitrogens is 2. The van der Waals surface area contributed by atoms with Crippen molar-refractivity contribution in [2.75, 3.05) is 11.9 Å². The van der Waals surface area contributed by atoms with Crippen molar-refractivity contribution in [3.63, 3.8) is 0 Å². The van der Waals surface area contributed by atoms with Gasteiger partial charge in [0.2, 0.25) is 11.8 Å². The summed E-state index contributed by atoms with van der Waals surface area (Å²) in [4.78, 5) is 38.7. The molecule has 1 aromatic heterocycles. The average Bonchev–Trinajstić information content (AvgIpc) is 3.79. The molecule has 1 atom stereocenters. The number of rotatable bonds is 11. The van der Waals surface area contributed by atoms with Gasteiger partial charge in [-0.05, 0) is 93.5 Å². The lowest BCUT2D eigenvalue weighted by atomic mass is 9.88. The number of anilines is 1. The van der Waals surface area contributed by atoms with Gasteiger partial charge in [-0.15, -0.1) is 0 Å². The molecule has 0 spiro atoms. The van der Waals surface area contributed by atoms with Crippen LogP contribution in [0.25, 0.3) is 0 Å². The molecule has 2 saturated carbocycles.